The smallest absolute Gasteiger partial charge is 0.325 e. The van der Waals surface area contributed by atoms with Gasteiger partial charge in [-0.25, -0.2) is 4.98 Å². The normalized spacial score (nSPS) is 19.0. The van der Waals surface area contributed by atoms with Gasteiger partial charge in [0.25, 0.3) is 0 Å². The van der Waals surface area contributed by atoms with E-state index in [0.717, 1.165) is 12.8 Å². The first-order valence-electron chi connectivity index (χ1n) is 8.39. The Hall–Kier alpha value is -2.61. The lowest BCUT2D eigenvalue weighted by Crippen LogP contribution is -2.29. The zero-order chi connectivity index (χ0) is 18.4. The van der Waals surface area contributed by atoms with E-state index in [2.05, 4.69) is 32.5 Å². The number of nitrogens with one attached hydrogen (secondary N) is 2. The molecule has 0 radical (unpaired) electrons. The fraction of sp³-hybridized carbons (Fsp3) is 0.389. The number of aromatic nitrogens is 1. The molecule has 7 nitrogen and oxygen atoms in total. The van der Waals surface area contributed by atoms with Crippen LogP contribution in [0.5, 0.6) is 0 Å². The van der Waals surface area contributed by atoms with E-state index in [1.807, 2.05) is 23.6 Å². The standard InChI is InChI=1S/C18H21N3O4S/c1-24-16(22)9-19-18-21-15(11-26-18)20-14-10-25-17(23)13(14)8-7-12-5-3-2-4-6-12/h2-6,11,13-14,20H,7-10H2,1H3,(H,19,21)/t13-,14-/m0/s1. The van der Waals surface area contributed by atoms with E-state index in [9.17, 15) is 9.59 Å². The van der Waals surface area contributed by atoms with E-state index < -0.39 is 0 Å². The quantitative estimate of drug-likeness (QED) is 0.684. The van der Waals surface area contributed by atoms with E-state index in [4.69, 9.17) is 4.74 Å². The van der Waals surface area contributed by atoms with Crippen LogP contribution in [-0.2, 0) is 25.5 Å². The number of methoxy groups -OCH3 is 1. The molecule has 2 N–H and O–H groups in total. The van der Waals surface area contributed by atoms with E-state index in [1.165, 1.54) is 24.0 Å². The predicted octanol–water partition coefficient (Wildman–Crippen LogP) is 2.31. The number of benzene rings is 1. The first-order chi connectivity index (χ1) is 12.7. The fourth-order valence-corrected chi connectivity index (χ4v) is 3.47. The maximum Gasteiger partial charge on any atom is 0.325 e. The summed E-state index contributed by atoms with van der Waals surface area (Å²) in [5.41, 5.74) is 1.20. The third-order valence-electron chi connectivity index (χ3n) is 4.23. The predicted molar refractivity (Wildman–Crippen MR) is 99.2 cm³/mol. The number of nitrogens with zero attached hydrogens (tertiary/aromatic N) is 1. The van der Waals surface area contributed by atoms with Crippen molar-refractivity contribution < 1.29 is 19.1 Å². The molecule has 1 aromatic heterocycles. The SMILES string of the molecule is COC(=O)CNc1nc(N[C@H]2COC(=O)[C@H]2CCc2ccccc2)cs1. The molecule has 1 fully saturated rings. The Bertz CT molecular complexity index is 750. The number of aryl methyl sites for hydroxylation is 1. The summed E-state index contributed by atoms with van der Waals surface area (Å²) in [5, 5.41) is 8.64. The summed E-state index contributed by atoms with van der Waals surface area (Å²) < 4.78 is 9.82. The minimum atomic E-state index is -0.356. The number of cyclic esters (lactones) is 1. The van der Waals surface area contributed by atoms with Crippen LogP contribution >= 0.6 is 11.3 Å². The van der Waals surface area contributed by atoms with Gasteiger partial charge >= 0.3 is 11.9 Å². The number of rotatable bonds is 8. The van der Waals surface area contributed by atoms with Gasteiger partial charge in [0.2, 0.25) is 0 Å². The van der Waals surface area contributed by atoms with Crippen molar-refractivity contribution in [1.82, 2.24) is 4.98 Å². The summed E-state index contributed by atoms with van der Waals surface area (Å²) in [6, 6.07) is 9.98. The highest BCUT2D eigenvalue weighted by molar-refractivity contribution is 7.14. The van der Waals surface area contributed by atoms with Gasteiger partial charge in [0, 0.05) is 5.38 Å². The highest BCUT2D eigenvalue weighted by atomic mass is 32.1. The molecular formula is C18H21N3O4S. The van der Waals surface area contributed by atoms with Gasteiger partial charge in [-0.05, 0) is 18.4 Å². The molecule has 2 aromatic rings. The maximum absolute atomic E-state index is 12.1. The van der Waals surface area contributed by atoms with Crippen LogP contribution in [0.3, 0.4) is 0 Å². The number of thiazole rings is 1. The van der Waals surface area contributed by atoms with Crippen molar-refractivity contribution >= 4 is 34.2 Å². The molecule has 0 saturated carbocycles. The van der Waals surface area contributed by atoms with Crippen molar-refractivity contribution in [1.29, 1.82) is 0 Å². The molecule has 1 saturated heterocycles. The van der Waals surface area contributed by atoms with Crippen LogP contribution in [0.15, 0.2) is 35.7 Å². The van der Waals surface area contributed by atoms with Gasteiger partial charge in [0.15, 0.2) is 5.13 Å². The van der Waals surface area contributed by atoms with Gasteiger partial charge in [-0.15, -0.1) is 11.3 Å². The molecule has 2 atom stereocenters. The van der Waals surface area contributed by atoms with E-state index >= 15 is 0 Å². The van der Waals surface area contributed by atoms with E-state index in [-0.39, 0.29) is 30.4 Å². The van der Waals surface area contributed by atoms with Crippen molar-refractivity contribution in [3.8, 4) is 0 Å². The molecule has 1 aliphatic rings. The van der Waals surface area contributed by atoms with Crippen molar-refractivity contribution in [2.75, 3.05) is 30.9 Å². The average Bonchev–Trinajstić information content (AvgIpc) is 3.26. The van der Waals surface area contributed by atoms with Crippen LogP contribution in [0.1, 0.15) is 12.0 Å². The maximum atomic E-state index is 12.1. The van der Waals surface area contributed by atoms with Crippen molar-refractivity contribution in [3.05, 3.63) is 41.3 Å². The molecule has 2 heterocycles. The Morgan fingerprint density at radius 3 is 2.96 bits per heavy atom. The number of hydrogen-bond donors (Lipinski definition) is 2. The Balaban J connectivity index is 1.55. The second-order valence-corrected chi connectivity index (χ2v) is 6.84. The summed E-state index contributed by atoms with van der Waals surface area (Å²) in [6.07, 6.45) is 1.54. The van der Waals surface area contributed by atoms with Gasteiger partial charge in [-0.2, -0.15) is 0 Å². The Morgan fingerprint density at radius 2 is 2.19 bits per heavy atom. The molecule has 138 valence electrons. The van der Waals surface area contributed by atoms with Gasteiger partial charge in [0.1, 0.15) is 19.0 Å². The molecule has 0 unspecified atom stereocenters. The van der Waals surface area contributed by atoms with E-state index in [1.54, 1.807) is 0 Å². The average molecular weight is 375 g/mol. The highest BCUT2D eigenvalue weighted by Gasteiger charge is 2.36. The third kappa shape index (κ3) is 4.72. The second kappa shape index (κ2) is 8.66. The number of carbonyl (C=O) groups is 2. The lowest BCUT2D eigenvalue weighted by molar-refractivity contribution is -0.141. The summed E-state index contributed by atoms with van der Waals surface area (Å²) in [4.78, 5) is 27.6. The number of ether oxygens (including phenoxy) is 2. The van der Waals surface area contributed by atoms with Crippen LogP contribution < -0.4 is 10.6 Å². The zero-order valence-corrected chi connectivity index (χ0v) is 15.3. The first-order valence-corrected chi connectivity index (χ1v) is 9.27. The Labute approximate surface area is 155 Å². The monoisotopic (exact) mass is 375 g/mol. The molecule has 0 bridgehead atoms. The van der Waals surface area contributed by atoms with Crippen LogP contribution in [0, 0.1) is 5.92 Å². The molecule has 3 rings (SSSR count). The molecule has 26 heavy (non-hydrogen) atoms. The van der Waals surface area contributed by atoms with E-state index in [0.29, 0.717) is 17.6 Å². The van der Waals surface area contributed by atoms with Crippen LogP contribution in [0.2, 0.25) is 0 Å². The lowest BCUT2D eigenvalue weighted by Gasteiger charge is -2.16. The van der Waals surface area contributed by atoms with Crippen LogP contribution in [0.25, 0.3) is 0 Å². The largest absolute Gasteiger partial charge is 0.468 e. The molecule has 0 amide bonds. The summed E-state index contributed by atoms with van der Waals surface area (Å²) >= 11 is 1.38. The van der Waals surface area contributed by atoms with Crippen molar-refractivity contribution in [3.63, 3.8) is 0 Å². The summed E-state index contributed by atoms with van der Waals surface area (Å²) in [5.74, 6) is -0.0677. The van der Waals surface area contributed by atoms with Crippen molar-refractivity contribution in [2.24, 2.45) is 5.92 Å². The fourth-order valence-electron chi connectivity index (χ4n) is 2.82. The molecule has 0 spiro atoms. The van der Waals surface area contributed by atoms with Gasteiger partial charge in [-0.3, -0.25) is 9.59 Å². The molecule has 0 aliphatic carbocycles. The number of carbonyl (C=O) groups excluding carboxylic acids is 2. The number of esters is 2. The Kier molecular flexibility index (Phi) is 6.06. The first kappa shape index (κ1) is 18.2. The van der Waals surface area contributed by atoms with Gasteiger partial charge < -0.3 is 20.1 Å². The minimum Gasteiger partial charge on any atom is -0.468 e. The zero-order valence-electron chi connectivity index (χ0n) is 14.4. The highest BCUT2D eigenvalue weighted by Crippen LogP contribution is 2.26. The van der Waals surface area contributed by atoms with Crippen LogP contribution in [-0.4, -0.2) is 43.2 Å². The lowest BCUT2D eigenvalue weighted by atomic mass is 9.94. The summed E-state index contributed by atoms with van der Waals surface area (Å²) in [7, 11) is 1.34. The topological polar surface area (TPSA) is 89.6 Å². The third-order valence-corrected chi connectivity index (χ3v) is 5.03. The molecule has 8 heteroatoms. The molecule has 1 aliphatic heterocycles. The summed E-state index contributed by atoms with van der Waals surface area (Å²) in [6.45, 7) is 0.398. The van der Waals surface area contributed by atoms with Crippen molar-refractivity contribution in [2.45, 2.75) is 18.9 Å². The number of anilines is 2. The Morgan fingerprint density at radius 1 is 1.38 bits per heavy atom. The van der Waals surface area contributed by atoms with Gasteiger partial charge in [-0.1, -0.05) is 30.3 Å². The van der Waals surface area contributed by atoms with Gasteiger partial charge in [0.05, 0.1) is 19.1 Å². The molecule has 1 aromatic carbocycles. The minimum absolute atomic E-state index is 0.0637. The number of hydrogen-bond acceptors (Lipinski definition) is 8. The molecular weight excluding hydrogens is 354 g/mol. The second-order valence-electron chi connectivity index (χ2n) is 5.98. The van der Waals surface area contributed by atoms with Crippen LogP contribution in [0.4, 0.5) is 10.9 Å².